The van der Waals surface area contributed by atoms with E-state index in [0.717, 1.165) is 15.7 Å². The minimum Gasteiger partial charge on any atom is -1.00 e. The molecule has 2 aromatic carbocycles. The van der Waals surface area contributed by atoms with Crippen molar-refractivity contribution in [3.05, 3.63) is 71.1 Å². The summed E-state index contributed by atoms with van der Waals surface area (Å²) in [5.74, 6) is 1.35. The Balaban J connectivity index is 0.00000261. The van der Waals surface area contributed by atoms with Gasteiger partial charge in [0.25, 0.3) is 6.33 Å². The summed E-state index contributed by atoms with van der Waals surface area (Å²) in [4.78, 5) is 16.8. The maximum absolute atomic E-state index is 12.3. The number of halogens is 2. The van der Waals surface area contributed by atoms with Gasteiger partial charge in [-0.25, -0.2) is 4.57 Å². The molecule has 27 heavy (non-hydrogen) atoms. The Labute approximate surface area is 176 Å². The molecule has 1 heterocycles. The molecular formula is C20H18Br2N2O3. The third-order valence-electron chi connectivity index (χ3n) is 3.94. The van der Waals surface area contributed by atoms with Crippen molar-refractivity contribution in [1.82, 2.24) is 4.98 Å². The number of Topliss-reactive ketones (excluding diaryl/α,β-unsaturated/α-hetero) is 1. The number of ketones is 1. The molecule has 1 aromatic heterocycles. The molecule has 7 heteroatoms. The van der Waals surface area contributed by atoms with Gasteiger partial charge in [-0.15, -0.1) is 0 Å². The van der Waals surface area contributed by atoms with Crippen molar-refractivity contribution in [1.29, 1.82) is 0 Å². The van der Waals surface area contributed by atoms with E-state index in [2.05, 4.69) is 20.9 Å². The van der Waals surface area contributed by atoms with Gasteiger partial charge in [-0.3, -0.25) is 4.79 Å². The summed E-state index contributed by atoms with van der Waals surface area (Å²) >= 11 is 3.37. The molecule has 5 nitrogen and oxygen atoms in total. The lowest BCUT2D eigenvalue weighted by Crippen LogP contribution is -3.00. The van der Waals surface area contributed by atoms with E-state index in [0.29, 0.717) is 17.1 Å². The fourth-order valence-electron chi connectivity index (χ4n) is 2.54. The van der Waals surface area contributed by atoms with Gasteiger partial charge in [0.15, 0.2) is 23.7 Å². The minimum atomic E-state index is 0. The topological polar surface area (TPSA) is 52.3 Å². The van der Waals surface area contributed by atoms with E-state index in [1.807, 2.05) is 42.6 Å². The highest BCUT2D eigenvalue weighted by Gasteiger charge is 2.13. The largest absolute Gasteiger partial charge is 1.00 e. The Morgan fingerprint density at radius 2 is 1.74 bits per heavy atom. The second kappa shape index (κ2) is 9.62. The van der Waals surface area contributed by atoms with Crippen molar-refractivity contribution in [2.45, 2.75) is 6.54 Å². The van der Waals surface area contributed by atoms with E-state index in [1.54, 1.807) is 37.2 Å². The van der Waals surface area contributed by atoms with Crippen molar-refractivity contribution < 1.29 is 35.8 Å². The lowest BCUT2D eigenvalue weighted by atomic mass is 10.1. The van der Waals surface area contributed by atoms with Gasteiger partial charge in [-0.2, -0.15) is 0 Å². The molecule has 0 aliphatic carbocycles. The van der Waals surface area contributed by atoms with Crippen LogP contribution >= 0.6 is 15.9 Å². The average molecular weight is 494 g/mol. The third kappa shape index (κ3) is 5.14. The predicted molar refractivity (Wildman–Crippen MR) is 101 cm³/mol. The van der Waals surface area contributed by atoms with Gasteiger partial charge in [0, 0.05) is 21.7 Å². The first-order chi connectivity index (χ1) is 12.6. The number of methoxy groups -OCH3 is 2. The number of carbonyl (C=O) groups is 1. The van der Waals surface area contributed by atoms with Gasteiger partial charge in [0.1, 0.15) is 0 Å². The van der Waals surface area contributed by atoms with E-state index >= 15 is 0 Å². The van der Waals surface area contributed by atoms with Gasteiger partial charge in [0.05, 0.1) is 20.4 Å². The maximum Gasteiger partial charge on any atom is 0.287 e. The van der Waals surface area contributed by atoms with Crippen LogP contribution in [0.4, 0.5) is 0 Å². The Bertz CT molecular complexity index is 914. The molecule has 0 saturated heterocycles. The Hall–Kier alpha value is -2.25. The van der Waals surface area contributed by atoms with Crippen molar-refractivity contribution in [3.63, 3.8) is 0 Å². The van der Waals surface area contributed by atoms with Crippen LogP contribution in [0.15, 0.2) is 65.5 Å². The van der Waals surface area contributed by atoms with Crippen molar-refractivity contribution in [3.8, 4) is 22.8 Å². The number of benzene rings is 2. The molecule has 0 saturated carbocycles. The van der Waals surface area contributed by atoms with Crippen molar-refractivity contribution in [2.24, 2.45) is 0 Å². The van der Waals surface area contributed by atoms with Crippen LogP contribution < -0.4 is 31.0 Å². The van der Waals surface area contributed by atoms with E-state index < -0.39 is 0 Å². The molecule has 0 unspecified atom stereocenters. The summed E-state index contributed by atoms with van der Waals surface area (Å²) in [5.41, 5.74) is 2.37. The molecule has 3 rings (SSSR count). The first-order valence-corrected chi connectivity index (χ1v) is 8.76. The van der Waals surface area contributed by atoms with Crippen LogP contribution in [0.5, 0.6) is 11.5 Å². The van der Waals surface area contributed by atoms with Gasteiger partial charge in [-0.05, 0) is 35.3 Å². The van der Waals surface area contributed by atoms with Crippen LogP contribution in [-0.4, -0.2) is 25.0 Å². The van der Waals surface area contributed by atoms with Crippen molar-refractivity contribution in [2.75, 3.05) is 14.2 Å². The van der Waals surface area contributed by atoms with Crippen LogP contribution in [0.2, 0.25) is 0 Å². The highest BCUT2D eigenvalue weighted by atomic mass is 79.9. The zero-order chi connectivity index (χ0) is 18.5. The van der Waals surface area contributed by atoms with E-state index in [9.17, 15) is 4.79 Å². The molecule has 0 bridgehead atoms. The number of nitrogens with zero attached hydrogens (tertiary/aromatic N) is 2. The highest BCUT2D eigenvalue weighted by Crippen LogP contribution is 2.31. The molecule has 0 radical (unpaired) electrons. The second-order valence-electron chi connectivity index (χ2n) is 5.62. The number of carbonyl (C=O) groups excluding carboxylic acids is 1. The maximum atomic E-state index is 12.3. The summed E-state index contributed by atoms with van der Waals surface area (Å²) in [6.45, 7) is 0.237. The van der Waals surface area contributed by atoms with E-state index in [4.69, 9.17) is 9.47 Å². The van der Waals surface area contributed by atoms with Gasteiger partial charge in [0.2, 0.25) is 5.78 Å². The summed E-state index contributed by atoms with van der Waals surface area (Å²) in [7, 11) is 3.20. The molecule has 0 amide bonds. The zero-order valence-corrected chi connectivity index (χ0v) is 18.0. The van der Waals surface area contributed by atoms with Crippen LogP contribution in [-0.2, 0) is 6.54 Å². The molecular weight excluding hydrogens is 476 g/mol. The Morgan fingerprint density at radius 3 is 2.33 bits per heavy atom. The van der Waals surface area contributed by atoms with Gasteiger partial charge >= 0.3 is 0 Å². The molecule has 0 fully saturated rings. The SMILES string of the molecule is COc1ccc(-c2cc[n+](CC(=O)c3ccc(Br)cc3)cn2)cc1OC.[Br-]. The fraction of sp³-hybridized carbons (Fsp3) is 0.150. The van der Waals surface area contributed by atoms with Crippen LogP contribution in [0.1, 0.15) is 10.4 Å². The summed E-state index contributed by atoms with van der Waals surface area (Å²) in [5, 5.41) is 0. The molecule has 0 N–H and O–H groups in total. The zero-order valence-electron chi connectivity index (χ0n) is 14.9. The standard InChI is InChI=1S/C20H18BrN2O3.BrH/c1-25-19-8-5-15(11-20(19)26-2)17-9-10-23(13-22-17)12-18(24)14-3-6-16(21)7-4-14;/h3-11,13H,12H2,1-2H3;1H/q+1;/p-1. The van der Waals surface area contributed by atoms with E-state index in [1.165, 1.54) is 0 Å². The van der Waals surface area contributed by atoms with Gasteiger partial charge < -0.3 is 26.5 Å². The third-order valence-corrected chi connectivity index (χ3v) is 4.47. The molecule has 0 atom stereocenters. The molecule has 3 aromatic rings. The first kappa shape index (κ1) is 21.1. The number of aromatic nitrogens is 2. The highest BCUT2D eigenvalue weighted by molar-refractivity contribution is 9.10. The molecule has 0 spiro atoms. The minimum absolute atomic E-state index is 0. The lowest BCUT2D eigenvalue weighted by Gasteiger charge is -2.08. The number of hydrogen-bond acceptors (Lipinski definition) is 4. The van der Waals surface area contributed by atoms with Gasteiger partial charge in [-0.1, -0.05) is 28.1 Å². The lowest BCUT2D eigenvalue weighted by molar-refractivity contribution is -0.686. The monoisotopic (exact) mass is 492 g/mol. The Kier molecular flexibility index (Phi) is 7.50. The second-order valence-corrected chi connectivity index (χ2v) is 6.53. The molecule has 140 valence electrons. The summed E-state index contributed by atoms with van der Waals surface area (Å²) in [6.07, 6.45) is 3.50. The predicted octanol–water partition coefficient (Wildman–Crippen LogP) is 0.703. The quantitative estimate of drug-likeness (QED) is 0.375. The first-order valence-electron chi connectivity index (χ1n) is 7.97. The van der Waals surface area contributed by atoms with Crippen LogP contribution in [0.3, 0.4) is 0 Å². The number of rotatable bonds is 6. The van der Waals surface area contributed by atoms with Crippen LogP contribution in [0.25, 0.3) is 11.3 Å². The summed E-state index contributed by atoms with van der Waals surface area (Å²) in [6, 6.07) is 14.8. The smallest absolute Gasteiger partial charge is 0.287 e. The fourth-order valence-corrected chi connectivity index (χ4v) is 2.80. The molecule has 0 aliphatic rings. The number of hydrogen-bond donors (Lipinski definition) is 0. The summed E-state index contributed by atoms with van der Waals surface area (Å²) < 4.78 is 13.3. The Morgan fingerprint density at radius 1 is 1.04 bits per heavy atom. The average Bonchev–Trinajstić information content (AvgIpc) is 2.68. The van der Waals surface area contributed by atoms with Crippen LogP contribution in [0, 0.1) is 0 Å². The number of ether oxygens (including phenoxy) is 2. The van der Waals surface area contributed by atoms with Crippen molar-refractivity contribution >= 4 is 21.7 Å². The normalized spacial score (nSPS) is 10.0. The van der Waals surface area contributed by atoms with E-state index in [-0.39, 0.29) is 29.3 Å². The molecule has 0 aliphatic heterocycles.